The first-order chi connectivity index (χ1) is 13.4. The molecule has 10 nitrogen and oxygen atoms in total. The number of nitro benzene ring substituents is 1. The monoisotopic (exact) mass is 390 g/mol. The summed E-state index contributed by atoms with van der Waals surface area (Å²) in [5, 5.41) is 13.7. The van der Waals surface area contributed by atoms with Crippen molar-refractivity contribution in [3.63, 3.8) is 0 Å². The van der Waals surface area contributed by atoms with Gasteiger partial charge in [0, 0.05) is 12.1 Å². The van der Waals surface area contributed by atoms with Crippen LogP contribution < -0.4 is 19.5 Å². The molecular formula is C18H18N2O8. The predicted octanol–water partition coefficient (Wildman–Crippen LogP) is 2.66. The molecule has 0 spiro atoms. The van der Waals surface area contributed by atoms with Gasteiger partial charge in [-0.15, -0.1) is 0 Å². The van der Waals surface area contributed by atoms with Gasteiger partial charge in [-0.1, -0.05) is 6.07 Å². The van der Waals surface area contributed by atoms with Gasteiger partial charge >= 0.3 is 11.7 Å². The fourth-order valence-electron chi connectivity index (χ4n) is 2.55. The molecule has 0 aromatic heterocycles. The lowest BCUT2D eigenvalue weighted by Gasteiger charge is -2.16. The first-order valence-electron chi connectivity index (χ1n) is 7.85. The molecule has 2 rings (SSSR count). The Morgan fingerprint density at radius 2 is 1.64 bits per heavy atom. The average molecular weight is 390 g/mol. The Hall–Kier alpha value is -3.82. The normalized spacial score (nSPS) is 10.0. The number of ether oxygens (including phenoxy) is 4. The highest BCUT2D eigenvalue weighted by molar-refractivity contribution is 6.09. The standard InChI is InChI=1S/C18H18N2O8/c1-25-10-8-12(18(22)28-4)15(26-2)13(9-10)19-17(21)11-6-5-7-14(20(23)24)16(11)27-3/h5-9H,1-4H3,(H,19,21). The fraction of sp³-hybridized carbons (Fsp3) is 0.222. The highest BCUT2D eigenvalue weighted by Crippen LogP contribution is 2.36. The van der Waals surface area contributed by atoms with Crippen LogP contribution in [0.4, 0.5) is 11.4 Å². The van der Waals surface area contributed by atoms with Crippen LogP contribution in [0.25, 0.3) is 0 Å². The van der Waals surface area contributed by atoms with E-state index in [9.17, 15) is 19.7 Å². The summed E-state index contributed by atoms with van der Waals surface area (Å²) >= 11 is 0. The van der Waals surface area contributed by atoms with Gasteiger partial charge in [0.1, 0.15) is 11.3 Å². The molecule has 0 aliphatic carbocycles. The number of esters is 1. The largest absolute Gasteiger partial charge is 0.497 e. The molecule has 0 bridgehead atoms. The van der Waals surface area contributed by atoms with Gasteiger partial charge < -0.3 is 24.3 Å². The van der Waals surface area contributed by atoms with E-state index in [4.69, 9.17) is 18.9 Å². The van der Waals surface area contributed by atoms with Crippen LogP contribution in [0.3, 0.4) is 0 Å². The number of carbonyl (C=O) groups excluding carboxylic acids is 2. The van der Waals surface area contributed by atoms with Crippen LogP contribution in [0.1, 0.15) is 20.7 Å². The van der Waals surface area contributed by atoms with Crippen LogP contribution in [0.2, 0.25) is 0 Å². The number of hydrogen-bond donors (Lipinski definition) is 1. The lowest BCUT2D eigenvalue weighted by atomic mass is 10.1. The summed E-state index contributed by atoms with van der Waals surface area (Å²) in [5.41, 5.74) is -0.282. The molecule has 0 unspecified atom stereocenters. The van der Waals surface area contributed by atoms with Gasteiger partial charge in [-0.05, 0) is 12.1 Å². The summed E-state index contributed by atoms with van der Waals surface area (Å²) in [6.07, 6.45) is 0. The van der Waals surface area contributed by atoms with Gasteiger partial charge in [0.25, 0.3) is 5.91 Å². The smallest absolute Gasteiger partial charge is 0.341 e. The van der Waals surface area contributed by atoms with E-state index in [1.54, 1.807) is 0 Å². The predicted molar refractivity (Wildman–Crippen MR) is 98.5 cm³/mol. The number of amides is 1. The minimum absolute atomic E-state index is 0.0330. The molecule has 0 atom stereocenters. The van der Waals surface area contributed by atoms with Crippen molar-refractivity contribution in [1.82, 2.24) is 0 Å². The Bertz CT molecular complexity index is 926. The number of para-hydroxylation sites is 1. The topological polar surface area (TPSA) is 126 Å². The average Bonchev–Trinajstić information content (AvgIpc) is 2.71. The van der Waals surface area contributed by atoms with Crippen LogP contribution in [0, 0.1) is 10.1 Å². The Labute approximate surface area is 160 Å². The third-order valence-corrected chi connectivity index (χ3v) is 3.80. The zero-order chi connectivity index (χ0) is 20.8. The second kappa shape index (κ2) is 8.71. The van der Waals surface area contributed by atoms with Gasteiger partial charge in [-0.2, -0.15) is 0 Å². The molecule has 0 radical (unpaired) electrons. The third-order valence-electron chi connectivity index (χ3n) is 3.80. The molecule has 2 aromatic carbocycles. The molecule has 0 fully saturated rings. The van der Waals surface area contributed by atoms with Crippen molar-refractivity contribution < 1.29 is 33.5 Å². The first kappa shape index (κ1) is 20.5. The quantitative estimate of drug-likeness (QED) is 0.434. The Kier molecular flexibility index (Phi) is 6.38. The van der Waals surface area contributed by atoms with Crippen LogP contribution in [-0.2, 0) is 4.74 Å². The summed E-state index contributed by atoms with van der Waals surface area (Å²) < 4.78 is 20.2. The molecule has 0 saturated carbocycles. The minimum atomic E-state index is -0.706. The van der Waals surface area contributed by atoms with Gasteiger partial charge in [-0.25, -0.2) is 4.79 Å². The second-order valence-corrected chi connectivity index (χ2v) is 5.32. The van der Waals surface area contributed by atoms with Gasteiger partial charge in [0.2, 0.25) is 5.75 Å². The van der Waals surface area contributed by atoms with E-state index in [-0.39, 0.29) is 39.8 Å². The molecule has 10 heteroatoms. The van der Waals surface area contributed by atoms with Crippen LogP contribution in [-0.4, -0.2) is 45.2 Å². The van der Waals surface area contributed by atoms with E-state index >= 15 is 0 Å². The maximum absolute atomic E-state index is 12.8. The summed E-state index contributed by atoms with van der Waals surface area (Å²) in [4.78, 5) is 35.3. The van der Waals surface area contributed by atoms with Crippen molar-refractivity contribution in [2.75, 3.05) is 33.8 Å². The van der Waals surface area contributed by atoms with Crippen molar-refractivity contribution in [3.05, 3.63) is 51.6 Å². The molecule has 28 heavy (non-hydrogen) atoms. The maximum Gasteiger partial charge on any atom is 0.341 e. The van der Waals surface area contributed by atoms with Crippen molar-refractivity contribution >= 4 is 23.3 Å². The van der Waals surface area contributed by atoms with E-state index in [1.807, 2.05) is 0 Å². The van der Waals surface area contributed by atoms with Crippen molar-refractivity contribution in [2.45, 2.75) is 0 Å². The number of nitrogens with zero attached hydrogens (tertiary/aromatic N) is 1. The lowest BCUT2D eigenvalue weighted by molar-refractivity contribution is -0.385. The summed E-state index contributed by atoms with van der Waals surface area (Å²) in [6.45, 7) is 0. The molecule has 0 aliphatic rings. The zero-order valence-corrected chi connectivity index (χ0v) is 15.6. The lowest BCUT2D eigenvalue weighted by Crippen LogP contribution is -2.16. The van der Waals surface area contributed by atoms with E-state index in [0.29, 0.717) is 0 Å². The van der Waals surface area contributed by atoms with Crippen LogP contribution in [0.15, 0.2) is 30.3 Å². The second-order valence-electron chi connectivity index (χ2n) is 5.32. The summed E-state index contributed by atoms with van der Waals surface area (Å²) in [7, 11) is 5.13. The molecular weight excluding hydrogens is 372 g/mol. The number of nitrogens with one attached hydrogen (secondary N) is 1. The first-order valence-corrected chi connectivity index (χ1v) is 7.85. The van der Waals surface area contributed by atoms with Gasteiger partial charge in [0.15, 0.2) is 5.75 Å². The van der Waals surface area contributed by atoms with E-state index in [2.05, 4.69) is 5.32 Å². The third kappa shape index (κ3) is 3.95. The Morgan fingerprint density at radius 1 is 0.964 bits per heavy atom. The molecule has 0 aliphatic heterocycles. The number of anilines is 1. The van der Waals surface area contributed by atoms with Crippen LogP contribution >= 0.6 is 0 Å². The van der Waals surface area contributed by atoms with E-state index in [0.717, 1.165) is 0 Å². The van der Waals surface area contributed by atoms with Gasteiger partial charge in [-0.3, -0.25) is 14.9 Å². The molecule has 1 N–H and O–H groups in total. The Balaban J connectivity index is 2.54. The molecule has 0 saturated heterocycles. The summed E-state index contributed by atoms with van der Waals surface area (Å²) in [6, 6.07) is 6.78. The highest BCUT2D eigenvalue weighted by Gasteiger charge is 2.25. The molecule has 1 amide bonds. The number of benzene rings is 2. The van der Waals surface area contributed by atoms with Crippen molar-refractivity contribution in [3.8, 4) is 17.2 Å². The number of hydrogen-bond acceptors (Lipinski definition) is 8. The Morgan fingerprint density at radius 3 is 2.18 bits per heavy atom. The van der Waals surface area contributed by atoms with Crippen molar-refractivity contribution in [1.29, 1.82) is 0 Å². The highest BCUT2D eigenvalue weighted by atomic mass is 16.6. The summed E-state index contributed by atoms with van der Waals surface area (Å²) in [5.74, 6) is -1.28. The molecule has 0 heterocycles. The number of carbonyl (C=O) groups is 2. The molecule has 2 aromatic rings. The van der Waals surface area contributed by atoms with Crippen molar-refractivity contribution in [2.24, 2.45) is 0 Å². The maximum atomic E-state index is 12.8. The zero-order valence-electron chi connectivity index (χ0n) is 15.6. The molecule has 148 valence electrons. The van der Waals surface area contributed by atoms with E-state index in [1.165, 1.54) is 58.8 Å². The van der Waals surface area contributed by atoms with E-state index < -0.39 is 16.8 Å². The number of rotatable bonds is 7. The number of methoxy groups -OCH3 is 4. The van der Waals surface area contributed by atoms with Crippen LogP contribution in [0.5, 0.6) is 17.2 Å². The SMILES string of the molecule is COC(=O)c1cc(OC)cc(NC(=O)c2cccc([N+](=O)[O-])c2OC)c1OC. The number of nitro groups is 1. The fourth-order valence-corrected chi connectivity index (χ4v) is 2.55. The van der Waals surface area contributed by atoms with Gasteiger partial charge in [0.05, 0.1) is 44.6 Å². The minimum Gasteiger partial charge on any atom is -0.497 e.